The molecule has 1 unspecified atom stereocenters. The highest BCUT2D eigenvalue weighted by Crippen LogP contribution is 2.25. The van der Waals surface area contributed by atoms with Gasteiger partial charge in [-0.15, -0.1) is 0 Å². The summed E-state index contributed by atoms with van der Waals surface area (Å²) in [6.07, 6.45) is 0.603. The molecule has 0 bridgehead atoms. The average molecular weight is 301 g/mol. The molecular weight excluding hydrogens is 282 g/mol. The third-order valence-corrected chi connectivity index (χ3v) is 3.72. The van der Waals surface area contributed by atoms with Crippen LogP contribution in [0.1, 0.15) is 53.3 Å². The lowest BCUT2D eigenvalue weighted by Gasteiger charge is -2.20. The standard InChI is InChI=1S/C17H19NO4/c1-11(2)14(19)9-5-6-10-15(20)18-16(21)12-7-3-4-8-13(12)17(18)22/h3-4,7-8,15,20H,1,5-6,9-10H2,2H3. The molecule has 0 fully saturated rings. The molecule has 1 aliphatic heterocycles. The average Bonchev–Trinajstić information content (AvgIpc) is 2.75. The fourth-order valence-corrected chi connectivity index (χ4v) is 2.43. The van der Waals surface area contributed by atoms with Crippen molar-refractivity contribution in [2.75, 3.05) is 0 Å². The SMILES string of the molecule is C=C(C)C(=O)CCCCC(O)N1C(=O)c2ccccc2C1=O. The molecule has 0 spiro atoms. The zero-order chi connectivity index (χ0) is 16.3. The van der Waals surface area contributed by atoms with Crippen LogP contribution >= 0.6 is 0 Å². The molecule has 0 saturated carbocycles. The van der Waals surface area contributed by atoms with E-state index >= 15 is 0 Å². The van der Waals surface area contributed by atoms with E-state index in [2.05, 4.69) is 6.58 Å². The van der Waals surface area contributed by atoms with E-state index in [0.717, 1.165) is 4.90 Å². The van der Waals surface area contributed by atoms with Crippen LogP contribution in [-0.2, 0) is 4.79 Å². The maximum absolute atomic E-state index is 12.2. The number of allylic oxidation sites excluding steroid dienone is 1. The van der Waals surface area contributed by atoms with Gasteiger partial charge in [0.05, 0.1) is 11.1 Å². The number of carbonyl (C=O) groups excluding carboxylic acids is 3. The molecule has 1 aromatic carbocycles. The molecule has 1 N–H and O–H groups in total. The van der Waals surface area contributed by atoms with Crippen molar-refractivity contribution in [3.05, 3.63) is 47.5 Å². The smallest absolute Gasteiger partial charge is 0.263 e. The number of carbonyl (C=O) groups is 3. The van der Waals surface area contributed by atoms with Crippen molar-refractivity contribution in [3.63, 3.8) is 0 Å². The Bertz CT molecular complexity index is 600. The molecule has 22 heavy (non-hydrogen) atoms. The van der Waals surface area contributed by atoms with E-state index in [4.69, 9.17) is 0 Å². The summed E-state index contributed by atoms with van der Waals surface area (Å²) in [5.74, 6) is -0.938. The summed E-state index contributed by atoms with van der Waals surface area (Å²) < 4.78 is 0. The number of aliphatic hydroxyl groups is 1. The van der Waals surface area contributed by atoms with Crippen LogP contribution in [0.5, 0.6) is 0 Å². The number of nitrogens with zero attached hydrogens (tertiary/aromatic N) is 1. The number of amides is 2. The molecule has 1 heterocycles. The summed E-state index contributed by atoms with van der Waals surface area (Å²) in [6.45, 7) is 5.24. The minimum absolute atomic E-state index is 0.00443. The summed E-state index contributed by atoms with van der Waals surface area (Å²) >= 11 is 0. The summed E-state index contributed by atoms with van der Waals surface area (Å²) in [6, 6.07) is 6.52. The minimum atomic E-state index is -1.16. The fourth-order valence-electron chi connectivity index (χ4n) is 2.43. The van der Waals surface area contributed by atoms with Crippen LogP contribution in [0.3, 0.4) is 0 Å². The van der Waals surface area contributed by atoms with E-state index in [1.54, 1.807) is 31.2 Å². The van der Waals surface area contributed by atoms with Gasteiger partial charge >= 0.3 is 0 Å². The molecule has 5 nitrogen and oxygen atoms in total. The van der Waals surface area contributed by atoms with Crippen LogP contribution in [0.25, 0.3) is 0 Å². The molecule has 1 atom stereocenters. The van der Waals surface area contributed by atoms with Gasteiger partial charge in [0.1, 0.15) is 6.23 Å². The number of ketones is 1. The highest BCUT2D eigenvalue weighted by molar-refractivity contribution is 6.21. The van der Waals surface area contributed by atoms with E-state index in [0.29, 0.717) is 36.0 Å². The maximum atomic E-state index is 12.2. The third-order valence-electron chi connectivity index (χ3n) is 3.72. The van der Waals surface area contributed by atoms with Gasteiger partial charge in [0.25, 0.3) is 11.8 Å². The van der Waals surface area contributed by atoms with Gasteiger partial charge < -0.3 is 5.11 Å². The van der Waals surface area contributed by atoms with E-state index in [9.17, 15) is 19.5 Å². The van der Waals surface area contributed by atoms with Crippen molar-refractivity contribution in [2.24, 2.45) is 0 Å². The second kappa shape index (κ2) is 6.66. The van der Waals surface area contributed by atoms with Crippen LogP contribution < -0.4 is 0 Å². The first-order chi connectivity index (χ1) is 10.4. The number of rotatable bonds is 7. The number of unbranched alkanes of at least 4 members (excludes halogenated alkanes) is 1. The van der Waals surface area contributed by atoms with Gasteiger partial charge in [-0.2, -0.15) is 0 Å². The Labute approximate surface area is 129 Å². The first kappa shape index (κ1) is 16.1. The van der Waals surface area contributed by atoms with Gasteiger partial charge in [0.15, 0.2) is 5.78 Å². The largest absolute Gasteiger partial charge is 0.373 e. The molecule has 0 saturated heterocycles. The highest BCUT2D eigenvalue weighted by atomic mass is 16.3. The van der Waals surface area contributed by atoms with E-state index in [1.807, 2.05) is 0 Å². The van der Waals surface area contributed by atoms with Crippen LogP contribution in [-0.4, -0.2) is 33.8 Å². The van der Waals surface area contributed by atoms with Crippen molar-refractivity contribution in [2.45, 2.75) is 38.8 Å². The lowest BCUT2D eigenvalue weighted by atomic mass is 10.1. The summed E-state index contributed by atoms with van der Waals surface area (Å²) in [5, 5.41) is 10.1. The Morgan fingerprint density at radius 3 is 2.23 bits per heavy atom. The van der Waals surface area contributed by atoms with Crippen molar-refractivity contribution in [3.8, 4) is 0 Å². The Hall–Kier alpha value is -2.27. The second-order valence-corrected chi connectivity index (χ2v) is 5.46. The second-order valence-electron chi connectivity index (χ2n) is 5.46. The number of hydrogen-bond donors (Lipinski definition) is 1. The third kappa shape index (κ3) is 3.14. The molecule has 0 radical (unpaired) electrons. The summed E-state index contributed by atoms with van der Waals surface area (Å²) in [4.78, 5) is 36.6. The molecule has 1 aromatic rings. The number of imide groups is 1. The van der Waals surface area contributed by atoms with E-state index in [1.165, 1.54) is 0 Å². The predicted molar refractivity (Wildman–Crippen MR) is 81.2 cm³/mol. The molecule has 1 aliphatic rings. The molecule has 2 amide bonds. The predicted octanol–water partition coefficient (Wildman–Crippen LogP) is 2.31. The van der Waals surface area contributed by atoms with Crippen molar-refractivity contribution >= 4 is 17.6 Å². The number of aliphatic hydroxyl groups excluding tert-OH is 1. The van der Waals surface area contributed by atoms with Crippen molar-refractivity contribution in [1.82, 2.24) is 4.90 Å². The normalized spacial score (nSPS) is 14.9. The first-order valence-corrected chi connectivity index (χ1v) is 7.27. The number of benzene rings is 1. The molecule has 0 aliphatic carbocycles. The Morgan fingerprint density at radius 1 is 1.18 bits per heavy atom. The van der Waals surface area contributed by atoms with Crippen molar-refractivity contribution < 1.29 is 19.5 Å². The van der Waals surface area contributed by atoms with E-state index in [-0.39, 0.29) is 12.2 Å². The minimum Gasteiger partial charge on any atom is -0.373 e. The molecule has 116 valence electrons. The van der Waals surface area contributed by atoms with Crippen LogP contribution in [0.15, 0.2) is 36.4 Å². The molecule has 0 aromatic heterocycles. The topological polar surface area (TPSA) is 74.7 Å². The molecule has 2 rings (SSSR count). The monoisotopic (exact) mass is 301 g/mol. The zero-order valence-electron chi connectivity index (χ0n) is 12.5. The Morgan fingerprint density at radius 2 is 1.73 bits per heavy atom. The van der Waals surface area contributed by atoms with Crippen LogP contribution in [0, 0.1) is 0 Å². The summed E-state index contributed by atoms with van der Waals surface area (Å²) in [7, 11) is 0. The van der Waals surface area contributed by atoms with Crippen LogP contribution in [0.2, 0.25) is 0 Å². The Balaban J connectivity index is 1.90. The highest BCUT2D eigenvalue weighted by Gasteiger charge is 2.38. The van der Waals surface area contributed by atoms with Crippen molar-refractivity contribution in [1.29, 1.82) is 0 Å². The van der Waals surface area contributed by atoms with Gasteiger partial charge in [-0.1, -0.05) is 18.7 Å². The lowest BCUT2D eigenvalue weighted by Crippen LogP contribution is -2.39. The van der Waals surface area contributed by atoms with Gasteiger partial charge in [0.2, 0.25) is 0 Å². The first-order valence-electron chi connectivity index (χ1n) is 7.27. The van der Waals surface area contributed by atoms with Crippen LogP contribution in [0.4, 0.5) is 0 Å². The van der Waals surface area contributed by atoms with Gasteiger partial charge in [0, 0.05) is 6.42 Å². The van der Waals surface area contributed by atoms with Gasteiger partial charge in [-0.3, -0.25) is 14.4 Å². The van der Waals surface area contributed by atoms with Gasteiger partial charge in [-0.25, -0.2) is 4.90 Å². The quantitative estimate of drug-likeness (QED) is 0.476. The van der Waals surface area contributed by atoms with Gasteiger partial charge in [-0.05, 0) is 43.9 Å². The molecular formula is C17H19NO4. The Kier molecular flexibility index (Phi) is 4.88. The maximum Gasteiger partial charge on any atom is 0.263 e. The lowest BCUT2D eigenvalue weighted by molar-refractivity contribution is -0.115. The number of fused-ring (bicyclic) bond motifs is 1. The number of hydrogen-bond acceptors (Lipinski definition) is 4. The number of Topliss-reactive ketones (excluding diaryl/α,β-unsaturated/α-hetero) is 1. The summed E-state index contributed by atoms with van der Waals surface area (Å²) in [5.41, 5.74) is 1.16. The molecule has 5 heteroatoms. The fraction of sp³-hybridized carbons (Fsp3) is 0.353. The van der Waals surface area contributed by atoms with E-state index < -0.39 is 18.0 Å². The zero-order valence-corrected chi connectivity index (χ0v) is 12.5.